The molecule has 1 N–H and O–H groups in total. The maximum atomic E-state index is 13.9. The van der Waals surface area contributed by atoms with E-state index in [4.69, 9.17) is 4.74 Å². The van der Waals surface area contributed by atoms with Crippen molar-refractivity contribution in [3.63, 3.8) is 0 Å². The molecule has 1 fully saturated rings. The van der Waals surface area contributed by atoms with Crippen molar-refractivity contribution in [2.24, 2.45) is 0 Å². The fourth-order valence-corrected chi connectivity index (χ4v) is 4.54. The van der Waals surface area contributed by atoms with E-state index in [1.54, 1.807) is 0 Å². The van der Waals surface area contributed by atoms with E-state index in [0.717, 1.165) is 6.07 Å². The number of ether oxygens (including phenoxy) is 1. The average Bonchev–Trinajstić information content (AvgIpc) is 2.71. The van der Waals surface area contributed by atoms with Crippen molar-refractivity contribution in [3.05, 3.63) is 35.4 Å². The summed E-state index contributed by atoms with van der Waals surface area (Å²) in [5.41, 5.74) is 0.332. The van der Waals surface area contributed by atoms with Crippen LogP contribution in [0.3, 0.4) is 0 Å². The molecule has 1 aliphatic rings. The van der Waals surface area contributed by atoms with Gasteiger partial charge in [0.2, 0.25) is 0 Å². The first kappa shape index (κ1) is 16.3. The Morgan fingerprint density at radius 2 is 2.10 bits per heavy atom. The fourth-order valence-electron chi connectivity index (χ4n) is 2.67. The molecule has 0 aliphatic carbocycles. The standard InChI is InChI=1S/C14H19F2NO3S/c1-3-12(10-5-4-9(15)6-11(10)16)17-13-7-21(18,19)8-14(13)20-2/h4-6,12-14,17H,3,7-8H2,1-2H3. The van der Waals surface area contributed by atoms with Gasteiger partial charge in [0.15, 0.2) is 9.84 Å². The zero-order valence-corrected chi connectivity index (χ0v) is 12.8. The Bertz CT molecular complexity index is 606. The monoisotopic (exact) mass is 319 g/mol. The summed E-state index contributed by atoms with van der Waals surface area (Å²) in [5.74, 6) is -1.34. The Hall–Kier alpha value is -1.05. The summed E-state index contributed by atoms with van der Waals surface area (Å²) in [4.78, 5) is 0. The molecule has 3 unspecified atom stereocenters. The minimum Gasteiger partial charge on any atom is -0.379 e. The molecule has 0 bridgehead atoms. The normalized spacial score (nSPS) is 25.9. The Morgan fingerprint density at radius 3 is 2.67 bits per heavy atom. The molecule has 21 heavy (non-hydrogen) atoms. The molecule has 0 radical (unpaired) electrons. The molecule has 0 spiro atoms. The SMILES string of the molecule is CCC(NC1CS(=O)(=O)CC1OC)c1ccc(F)cc1F. The van der Waals surface area contributed by atoms with Gasteiger partial charge in [0.05, 0.1) is 17.6 Å². The summed E-state index contributed by atoms with van der Waals surface area (Å²) in [6.07, 6.45) is 0.0998. The van der Waals surface area contributed by atoms with Crippen LogP contribution in [0.4, 0.5) is 8.78 Å². The number of rotatable bonds is 5. The maximum absolute atomic E-state index is 13.9. The maximum Gasteiger partial charge on any atom is 0.154 e. The molecule has 0 saturated carbocycles. The topological polar surface area (TPSA) is 55.4 Å². The average molecular weight is 319 g/mol. The highest BCUT2D eigenvalue weighted by Gasteiger charge is 2.38. The van der Waals surface area contributed by atoms with Crippen molar-refractivity contribution >= 4 is 9.84 Å². The lowest BCUT2D eigenvalue weighted by molar-refractivity contribution is 0.0943. The van der Waals surface area contributed by atoms with Crippen molar-refractivity contribution in [2.45, 2.75) is 31.5 Å². The first-order valence-corrected chi connectivity index (χ1v) is 8.62. The number of sulfone groups is 1. The van der Waals surface area contributed by atoms with Crippen LogP contribution in [-0.2, 0) is 14.6 Å². The quantitative estimate of drug-likeness (QED) is 0.899. The third-order valence-corrected chi connectivity index (χ3v) is 5.47. The Balaban J connectivity index is 2.19. The van der Waals surface area contributed by atoms with E-state index < -0.39 is 33.6 Å². The van der Waals surface area contributed by atoms with Gasteiger partial charge < -0.3 is 10.1 Å². The second-order valence-electron chi connectivity index (χ2n) is 5.25. The van der Waals surface area contributed by atoms with Crippen LogP contribution in [0.25, 0.3) is 0 Å². The molecule has 0 aromatic heterocycles. The highest BCUT2D eigenvalue weighted by atomic mass is 32.2. The molecule has 3 atom stereocenters. The van der Waals surface area contributed by atoms with Crippen LogP contribution in [-0.4, -0.2) is 39.2 Å². The second kappa shape index (κ2) is 6.37. The number of halogens is 2. The van der Waals surface area contributed by atoms with Gasteiger partial charge in [-0.25, -0.2) is 17.2 Å². The van der Waals surface area contributed by atoms with E-state index in [2.05, 4.69) is 5.32 Å². The van der Waals surface area contributed by atoms with Crippen LogP contribution in [0.15, 0.2) is 18.2 Å². The van der Waals surface area contributed by atoms with Gasteiger partial charge in [0.25, 0.3) is 0 Å². The van der Waals surface area contributed by atoms with E-state index in [9.17, 15) is 17.2 Å². The van der Waals surface area contributed by atoms with E-state index in [0.29, 0.717) is 12.0 Å². The molecule has 118 valence electrons. The van der Waals surface area contributed by atoms with Crippen LogP contribution in [0.5, 0.6) is 0 Å². The van der Waals surface area contributed by atoms with Crippen LogP contribution in [0.2, 0.25) is 0 Å². The lowest BCUT2D eigenvalue weighted by atomic mass is 10.0. The lowest BCUT2D eigenvalue weighted by Crippen LogP contribution is -2.42. The number of hydrogen-bond donors (Lipinski definition) is 1. The van der Waals surface area contributed by atoms with Crippen LogP contribution >= 0.6 is 0 Å². The third kappa shape index (κ3) is 3.78. The summed E-state index contributed by atoms with van der Waals surface area (Å²) >= 11 is 0. The molecule has 1 aliphatic heterocycles. The van der Waals surface area contributed by atoms with Crippen LogP contribution in [0.1, 0.15) is 24.9 Å². The van der Waals surface area contributed by atoms with E-state index in [1.807, 2.05) is 6.92 Å². The van der Waals surface area contributed by atoms with Gasteiger partial charge in [0.1, 0.15) is 11.6 Å². The summed E-state index contributed by atoms with van der Waals surface area (Å²) in [5, 5.41) is 3.13. The zero-order chi connectivity index (χ0) is 15.6. The third-order valence-electron chi connectivity index (χ3n) is 3.76. The van der Waals surface area contributed by atoms with Crippen LogP contribution < -0.4 is 5.32 Å². The van der Waals surface area contributed by atoms with Crippen LogP contribution in [0, 0.1) is 11.6 Å². The molecular weight excluding hydrogens is 300 g/mol. The predicted octanol–water partition coefficient (Wildman–Crippen LogP) is 1.82. The summed E-state index contributed by atoms with van der Waals surface area (Å²) < 4.78 is 55.4. The number of hydrogen-bond acceptors (Lipinski definition) is 4. The minimum atomic E-state index is -3.15. The second-order valence-corrected chi connectivity index (χ2v) is 7.40. The zero-order valence-electron chi connectivity index (χ0n) is 12.0. The molecule has 1 saturated heterocycles. The van der Waals surface area contributed by atoms with Gasteiger partial charge in [-0.1, -0.05) is 13.0 Å². The molecule has 2 rings (SSSR count). The Labute approximate surface area is 123 Å². The van der Waals surface area contributed by atoms with Crippen molar-refractivity contribution < 1.29 is 21.9 Å². The smallest absolute Gasteiger partial charge is 0.154 e. The molecule has 1 heterocycles. The largest absolute Gasteiger partial charge is 0.379 e. The molecule has 4 nitrogen and oxygen atoms in total. The van der Waals surface area contributed by atoms with E-state index in [1.165, 1.54) is 19.2 Å². The molecular formula is C14H19F2NO3S. The Kier molecular flexibility index (Phi) is 4.95. The highest BCUT2D eigenvalue weighted by molar-refractivity contribution is 7.91. The molecule has 0 amide bonds. The van der Waals surface area contributed by atoms with E-state index >= 15 is 0 Å². The minimum absolute atomic E-state index is 0.0369. The summed E-state index contributed by atoms with van der Waals surface area (Å²) in [7, 11) is -1.69. The van der Waals surface area contributed by atoms with Gasteiger partial charge >= 0.3 is 0 Å². The fraction of sp³-hybridized carbons (Fsp3) is 0.571. The van der Waals surface area contributed by atoms with Crippen molar-refractivity contribution in [3.8, 4) is 0 Å². The van der Waals surface area contributed by atoms with Crippen molar-refractivity contribution in [1.29, 1.82) is 0 Å². The summed E-state index contributed by atoms with van der Waals surface area (Å²) in [6, 6.07) is 2.63. The lowest BCUT2D eigenvalue weighted by Gasteiger charge is -2.25. The number of methoxy groups -OCH3 is 1. The van der Waals surface area contributed by atoms with Crippen molar-refractivity contribution in [2.75, 3.05) is 18.6 Å². The van der Waals surface area contributed by atoms with Gasteiger partial charge in [0, 0.05) is 30.8 Å². The number of benzene rings is 1. The first-order chi connectivity index (χ1) is 9.86. The van der Waals surface area contributed by atoms with Gasteiger partial charge in [-0.05, 0) is 12.5 Å². The Morgan fingerprint density at radius 1 is 1.38 bits per heavy atom. The van der Waals surface area contributed by atoms with Crippen molar-refractivity contribution in [1.82, 2.24) is 5.32 Å². The molecule has 1 aromatic carbocycles. The first-order valence-electron chi connectivity index (χ1n) is 6.80. The highest BCUT2D eigenvalue weighted by Crippen LogP contribution is 2.24. The predicted molar refractivity (Wildman–Crippen MR) is 75.8 cm³/mol. The summed E-state index contributed by atoms with van der Waals surface area (Å²) in [6.45, 7) is 1.85. The van der Waals surface area contributed by atoms with E-state index in [-0.39, 0.29) is 17.5 Å². The molecule has 7 heteroatoms. The van der Waals surface area contributed by atoms with Gasteiger partial charge in [-0.2, -0.15) is 0 Å². The van der Waals surface area contributed by atoms with Gasteiger partial charge in [-0.3, -0.25) is 0 Å². The van der Waals surface area contributed by atoms with Gasteiger partial charge in [-0.15, -0.1) is 0 Å². The molecule has 1 aromatic rings. The number of nitrogens with one attached hydrogen (secondary N) is 1.